The van der Waals surface area contributed by atoms with Crippen molar-refractivity contribution in [1.82, 2.24) is 0 Å². The molecule has 56 heavy (non-hydrogen) atoms. The Morgan fingerprint density at radius 3 is 1.20 bits per heavy atom. The lowest BCUT2D eigenvalue weighted by molar-refractivity contribution is -0.161. The second kappa shape index (κ2) is 42.9. The van der Waals surface area contributed by atoms with Crippen molar-refractivity contribution in [2.75, 3.05) is 13.2 Å². The normalized spacial score (nSPS) is 12.7. The van der Waals surface area contributed by atoms with E-state index < -0.39 is 32.5 Å². The van der Waals surface area contributed by atoms with Crippen molar-refractivity contribution >= 4 is 19.8 Å². The minimum Gasteiger partial charge on any atom is -0.462 e. The summed E-state index contributed by atoms with van der Waals surface area (Å²) in [6, 6.07) is 0. The van der Waals surface area contributed by atoms with Gasteiger partial charge in [-0.05, 0) is 70.6 Å². The molecule has 0 spiro atoms. The number of carbonyl (C=O) groups excluding carboxylic acids is 2. The lowest BCUT2D eigenvalue weighted by Crippen LogP contribution is -2.29. The Balaban J connectivity index is 3.91. The van der Waals surface area contributed by atoms with Gasteiger partial charge in [0.05, 0.1) is 6.61 Å². The summed E-state index contributed by atoms with van der Waals surface area (Å²) in [5.74, 6) is -0.954. The third-order valence-corrected chi connectivity index (χ3v) is 10.6. The molecule has 0 aromatic carbocycles. The van der Waals surface area contributed by atoms with Crippen LogP contribution in [0.5, 0.6) is 0 Å². The average molecular weight is 811 g/mol. The van der Waals surface area contributed by atoms with Crippen molar-refractivity contribution in [3.63, 3.8) is 0 Å². The van der Waals surface area contributed by atoms with Crippen LogP contribution in [0.2, 0.25) is 0 Å². The van der Waals surface area contributed by atoms with Crippen molar-refractivity contribution in [3.8, 4) is 0 Å². The molecule has 0 aromatic rings. The van der Waals surface area contributed by atoms with Gasteiger partial charge in [0.15, 0.2) is 6.10 Å². The van der Waals surface area contributed by atoms with E-state index in [2.05, 4.69) is 54.8 Å². The van der Waals surface area contributed by atoms with Crippen LogP contribution in [-0.4, -0.2) is 41.0 Å². The molecule has 2 N–H and O–H groups in total. The third kappa shape index (κ3) is 45.0. The quantitative estimate of drug-likeness (QED) is 0.0270. The number of rotatable bonds is 43. The molecule has 0 aliphatic heterocycles. The second-order valence-corrected chi connectivity index (χ2v) is 17.0. The van der Waals surface area contributed by atoms with Gasteiger partial charge in [0.25, 0.3) is 0 Å². The first kappa shape index (κ1) is 54.3. The monoisotopic (exact) mass is 811 g/mol. The van der Waals surface area contributed by atoms with E-state index in [-0.39, 0.29) is 19.4 Å². The number of allylic oxidation sites excluding steroid dienone is 6. The summed E-state index contributed by atoms with van der Waals surface area (Å²) in [5.41, 5.74) is 0. The first-order chi connectivity index (χ1) is 27.3. The highest BCUT2D eigenvalue weighted by atomic mass is 31.2. The first-order valence-electron chi connectivity index (χ1n) is 23.3. The first-order valence-corrected chi connectivity index (χ1v) is 24.8. The molecule has 0 rings (SSSR count). The van der Waals surface area contributed by atoms with E-state index in [4.69, 9.17) is 19.3 Å². The summed E-state index contributed by atoms with van der Waals surface area (Å²) in [5, 5.41) is 0. The number of carbonyl (C=O) groups is 2. The summed E-state index contributed by atoms with van der Waals surface area (Å²) in [7, 11) is -4.77. The number of esters is 2. The summed E-state index contributed by atoms with van der Waals surface area (Å²) in [4.78, 5) is 42.9. The predicted octanol–water partition coefficient (Wildman–Crippen LogP) is 14.5. The van der Waals surface area contributed by atoms with E-state index in [9.17, 15) is 14.2 Å². The van der Waals surface area contributed by atoms with Crippen molar-refractivity contribution in [2.24, 2.45) is 0 Å². The fourth-order valence-corrected chi connectivity index (χ4v) is 6.98. The molecule has 0 saturated carbocycles. The molecular formula is C47H87O8P. The number of ether oxygens (including phenoxy) is 2. The fraction of sp³-hybridized carbons (Fsp3) is 0.830. The summed E-state index contributed by atoms with van der Waals surface area (Å²) >= 11 is 0. The number of hydrogen-bond donors (Lipinski definition) is 2. The Morgan fingerprint density at radius 1 is 0.446 bits per heavy atom. The summed E-state index contributed by atoms with van der Waals surface area (Å²) < 4.78 is 26.4. The molecule has 1 atom stereocenters. The summed E-state index contributed by atoms with van der Waals surface area (Å²) in [6.07, 6.45) is 51.8. The average Bonchev–Trinajstić information content (AvgIpc) is 3.17. The van der Waals surface area contributed by atoms with Gasteiger partial charge in [-0.1, -0.05) is 185 Å². The minimum absolute atomic E-state index is 0.175. The van der Waals surface area contributed by atoms with E-state index in [1.54, 1.807) is 0 Å². The largest absolute Gasteiger partial charge is 0.469 e. The van der Waals surface area contributed by atoms with Gasteiger partial charge in [0, 0.05) is 12.8 Å². The van der Waals surface area contributed by atoms with Crippen LogP contribution in [0, 0.1) is 0 Å². The van der Waals surface area contributed by atoms with Crippen LogP contribution in [0.3, 0.4) is 0 Å². The lowest BCUT2D eigenvalue weighted by Gasteiger charge is -2.18. The van der Waals surface area contributed by atoms with E-state index in [1.807, 2.05) is 0 Å². The van der Waals surface area contributed by atoms with Gasteiger partial charge in [0.2, 0.25) is 0 Å². The highest BCUT2D eigenvalue weighted by Gasteiger charge is 2.22. The third-order valence-electron chi connectivity index (χ3n) is 10.1. The van der Waals surface area contributed by atoms with Gasteiger partial charge in [0.1, 0.15) is 6.61 Å². The molecule has 0 heterocycles. The fourth-order valence-electron chi connectivity index (χ4n) is 6.62. The van der Waals surface area contributed by atoms with E-state index >= 15 is 0 Å². The van der Waals surface area contributed by atoms with Crippen LogP contribution in [0.1, 0.15) is 232 Å². The standard InChI is InChI=1S/C47H87O8P/c1-3-5-7-9-11-13-15-17-19-20-21-22-23-24-25-26-28-29-31-33-35-37-39-41-46(48)53-43-45(44-54-56(50,51)52)55-47(49)42-40-38-36-34-32-30-27-18-16-14-12-10-8-6-4-2/h26,28,32-35,45H,3-25,27,29-31,36-44H2,1-2H3,(H2,50,51,52)/b28-26+,34-32+,35-33+/t45-/m1/s1. The van der Waals surface area contributed by atoms with Gasteiger partial charge in [-0.3, -0.25) is 14.1 Å². The highest BCUT2D eigenvalue weighted by molar-refractivity contribution is 7.46. The molecule has 0 radical (unpaired) electrons. The minimum atomic E-state index is -4.77. The molecule has 0 fully saturated rings. The molecule has 0 bridgehead atoms. The van der Waals surface area contributed by atoms with Crippen LogP contribution < -0.4 is 0 Å². The Hall–Kier alpha value is -1.73. The molecular weight excluding hydrogens is 723 g/mol. The maximum atomic E-state index is 12.4. The number of phosphoric acid groups is 1. The zero-order valence-electron chi connectivity index (χ0n) is 36.3. The highest BCUT2D eigenvalue weighted by Crippen LogP contribution is 2.36. The molecule has 0 aliphatic carbocycles. The van der Waals surface area contributed by atoms with E-state index in [0.29, 0.717) is 12.8 Å². The maximum absolute atomic E-state index is 12.4. The van der Waals surface area contributed by atoms with Crippen molar-refractivity contribution in [2.45, 2.75) is 238 Å². The second-order valence-electron chi connectivity index (χ2n) is 15.7. The van der Waals surface area contributed by atoms with Gasteiger partial charge < -0.3 is 19.3 Å². The Labute approximate surface area is 344 Å². The molecule has 0 unspecified atom stereocenters. The van der Waals surface area contributed by atoms with Crippen molar-refractivity contribution in [1.29, 1.82) is 0 Å². The Kier molecular flexibility index (Phi) is 41.5. The lowest BCUT2D eigenvalue weighted by atomic mass is 10.0. The number of phosphoric ester groups is 1. The van der Waals surface area contributed by atoms with Crippen LogP contribution in [0.4, 0.5) is 0 Å². The predicted molar refractivity (Wildman–Crippen MR) is 235 cm³/mol. The van der Waals surface area contributed by atoms with E-state index in [0.717, 1.165) is 44.9 Å². The van der Waals surface area contributed by atoms with Crippen molar-refractivity contribution < 1.29 is 37.9 Å². The number of unbranched alkanes of at least 4 members (excludes halogenated alkanes) is 27. The zero-order chi connectivity index (χ0) is 41.1. The Bertz CT molecular complexity index is 1000. The molecule has 0 aliphatic rings. The molecule has 328 valence electrons. The van der Waals surface area contributed by atoms with Crippen LogP contribution >= 0.6 is 7.82 Å². The molecule has 0 amide bonds. The van der Waals surface area contributed by atoms with Gasteiger partial charge in [-0.2, -0.15) is 0 Å². The smallest absolute Gasteiger partial charge is 0.462 e. The maximum Gasteiger partial charge on any atom is 0.469 e. The molecule has 8 nitrogen and oxygen atoms in total. The zero-order valence-corrected chi connectivity index (χ0v) is 37.2. The summed E-state index contributed by atoms with van der Waals surface area (Å²) in [6.45, 7) is 3.66. The van der Waals surface area contributed by atoms with E-state index in [1.165, 1.54) is 148 Å². The molecule has 0 aromatic heterocycles. The van der Waals surface area contributed by atoms with Crippen LogP contribution in [0.15, 0.2) is 36.5 Å². The van der Waals surface area contributed by atoms with Gasteiger partial charge >= 0.3 is 19.8 Å². The van der Waals surface area contributed by atoms with Crippen LogP contribution in [-0.2, 0) is 28.2 Å². The van der Waals surface area contributed by atoms with Gasteiger partial charge in [-0.25, -0.2) is 4.57 Å². The van der Waals surface area contributed by atoms with Crippen LogP contribution in [0.25, 0.3) is 0 Å². The Morgan fingerprint density at radius 2 is 0.786 bits per heavy atom. The number of hydrogen-bond acceptors (Lipinski definition) is 6. The molecule has 9 heteroatoms. The SMILES string of the molecule is CCCCCCCCCCC/C=C/CCCCC(=O)O[C@H](COC(=O)CCC/C=C/CC/C=C/CCCCCCCCCCCCCCCC)COP(=O)(O)O. The van der Waals surface area contributed by atoms with Gasteiger partial charge in [-0.15, -0.1) is 0 Å². The molecule has 0 saturated heterocycles. The topological polar surface area (TPSA) is 119 Å². The van der Waals surface area contributed by atoms with Crippen molar-refractivity contribution in [3.05, 3.63) is 36.5 Å².